The van der Waals surface area contributed by atoms with Crippen LogP contribution in [0.5, 0.6) is 0 Å². The average molecular weight is 295 g/mol. The standard InChI is InChI=1S/C14H21N3O4/c1-9(2)12-15-11(21-16-12)6-17-5-10-3-4-20-8-14(10,7-17)13(18)19/h9-10H,3-8H2,1-2H3,(H,18,19)/t10-,14+/m0/s1. The lowest BCUT2D eigenvalue weighted by molar-refractivity contribution is -0.159. The van der Waals surface area contributed by atoms with E-state index >= 15 is 0 Å². The van der Waals surface area contributed by atoms with Crippen molar-refractivity contribution in [1.82, 2.24) is 15.0 Å². The summed E-state index contributed by atoms with van der Waals surface area (Å²) in [5.74, 6) is 0.846. The van der Waals surface area contributed by atoms with E-state index in [4.69, 9.17) is 9.26 Å². The molecule has 0 spiro atoms. The zero-order valence-electron chi connectivity index (χ0n) is 12.4. The first kappa shape index (κ1) is 14.5. The molecule has 0 saturated carbocycles. The highest BCUT2D eigenvalue weighted by molar-refractivity contribution is 5.76. The zero-order valence-corrected chi connectivity index (χ0v) is 12.4. The molecule has 21 heavy (non-hydrogen) atoms. The number of rotatable bonds is 4. The van der Waals surface area contributed by atoms with Gasteiger partial charge in [-0.25, -0.2) is 0 Å². The number of aromatic nitrogens is 2. The smallest absolute Gasteiger partial charge is 0.313 e. The van der Waals surface area contributed by atoms with Crippen LogP contribution in [-0.2, 0) is 16.1 Å². The van der Waals surface area contributed by atoms with Gasteiger partial charge < -0.3 is 14.4 Å². The van der Waals surface area contributed by atoms with Gasteiger partial charge in [0.05, 0.1) is 13.2 Å². The number of hydrogen-bond donors (Lipinski definition) is 1. The van der Waals surface area contributed by atoms with E-state index in [1.54, 1.807) is 0 Å². The van der Waals surface area contributed by atoms with Crippen LogP contribution in [0.25, 0.3) is 0 Å². The van der Waals surface area contributed by atoms with Crippen molar-refractivity contribution in [3.63, 3.8) is 0 Å². The lowest BCUT2D eigenvalue weighted by Gasteiger charge is -2.34. The lowest BCUT2D eigenvalue weighted by atomic mass is 9.76. The molecule has 7 nitrogen and oxygen atoms in total. The van der Waals surface area contributed by atoms with E-state index in [-0.39, 0.29) is 11.8 Å². The van der Waals surface area contributed by atoms with Crippen molar-refractivity contribution in [2.24, 2.45) is 11.3 Å². The van der Waals surface area contributed by atoms with Gasteiger partial charge in [-0.3, -0.25) is 9.69 Å². The highest BCUT2D eigenvalue weighted by Gasteiger charge is 2.54. The molecule has 0 aromatic carbocycles. The highest BCUT2D eigenvalue weighted by atomic mass is 16.5. The molecular weight excluding hydrogens is 274 g/mol. The molecule has 2 aliphatic heterocycles. The van der Waals surface area contributed by atoms with Crippen molar-refractivity contribution >= 4 is 5.97 Å². The number of ether oxygens (including phenoxy) is 1. The Kier molecular flexibility index (Phi) is 3.71. The van der Waals surface area contributed by atoms with Crippen molar-refractivity contribution in [3.8, 4) is 0 Å². The second kappa shape index (κ2) is 5.38. The normalized spacial score (nSPS) is 29.8. The van der Waals surface area contributed by atoms with Crippen LogP contribution >= 0.6 is 0 Å². The number of hydrogen-bond acceptors (Lipinski definition) is 6. The van der Waals surface area contributed by atoms with Gasteiger partial charge >= 0.3 is 5.97 Å². The maximum atomic E-state index is 11.7. The molecule has 0 radical (unpaired) electrons. The number of fused-ring (bicyclic) bond motifs is 1. The Balaban J connectivity index is 1.71. The van der Waals surface area contributed by atoms with Gasteiger partial charge in [0.25, 0.3) is 0 Å². The molecule has 1 aromatic heterocycles. The number of carboxylic acid groups (broad SMARTS) is 1. The first-order chi connectivity index (χ1) is 10.0. The fraction of sp³-hybridized carbons (Fsp3) is 0.786. The van der Waals surface area contributed by atoms with E-state index in [9.17, 15) is 9.90 Å². The predicted octanol–water partition coefficient (Wildman–Crippen LogP) is 1.12. The topological polar surface area (TPSA) is 88.7 Å². The molecule has 3 rings (SSSR count). The highest BCUT2D eigenvalue weighted by Crippen LogP contribution is 2.42. The first-order valence-electron chi connectivity index (χ1n) is 7.37. The van der Waals surface area contributed by atoms with Crippen molar-refractivity contribution in [3.05, 3.63) is 11.7 Å². The van der Waals surface area contributed by atoms with Gasteiger partial charge in [0.1, 0.15) is 5.41 Å². The second-order valence-corrected chi connectivity index (χ2v) is 6.37. The minimum atomic E-state index is -0.779. The van der Waals surface area contributed by atoms with Gasteiger partial charge in [-0.2, -0.15) is 4.98 Å². The van der Waals surface area contributed by atoms with Crippen molar-refractivity contribution in [1.29, 1.82) is 0 Å². The summed E-state index contributed by atoms with van der Waals surface area (Å²) in [5.41, 5.74) is -0.779. The minimum Gasteiger partial charge on any atom is -0.481 e. The second-order valence-electron chi connectivity index (χ2n) is 6.37. The SMILES string of the molecule is CC(C)c1noc(CN2C[C@@H]3CCOC[C@]3(C(=O)O)C2)n1. The number of carbonyl (C=O) groups is 1. The summed E-state index contributed by atoms with van der Waals surface area (Å²) in [5, 5.41) is 13.5. The summed E-state index contributed by atoms with van der Waals surface area (Å²) < 4.78 is 10.7. The van der Waals surface area contributed by atoms with Crippen LogP contribution in [-0.4, -0.2) is 52.4 Å². The average Bonchev–Trinajstić information content (AvgIpc) is 3.03. The molecule has 1 aromatic rings. The van der Waals surface area contributed by atoms with Crippen LogP contribution < -0.4 is 0 Å². The third kappa shape index (κ3) is 2.55. The molecule has 1 N–H and O–H groups in total. The van der Waals surface area contributed by atoms with Crippen LogP contribution in [0.1, 0.15) is 37.9 Å². The summed E-state index contributed by atoms with van der Waals surface area (Å²) in [7, 11) is 0. The third-order valence-electron chi connectivity index (χ3n) is 4.52. The van der Waals surface area contributed by atoms with Crippen molar-refractivity contribution in [2.75, 3.05) is 26.3 Å². The number of likely N-dealkylation sites (tertiary alicyclic amines) is 1. The van der Waals surface area contributed by atoms with Gasteiger partial charge in [-0.1, -0.05) is 19.0 Å². The minimum absolute atomic E-state index is 0.135. The number of nitrogens with zero attached hydrogens (tertiary/aromatic N) is 3. The van der Waals surface area contributed by atoms with E-state index in [1.807, 2.05) is 13.8 Å². The molecule has 7 heteroatoms. The monoisotopic (exact) mass is 295 g/mol. The first-order valence-corrected chi connectivity index (χ1v) is 7.37. The zero-order chi connectivity index (χ0) is 15.0. The molecule has 0 unspecified atom stereocenters. The van der Waals surface area contributed by atoms with E-state index in [1.165, 1.54) is 0 Å². The summed E-state index contributed by atoms with van der Waals surface area (Å²) in [6.07, 6.45) is 0.796. The molecule has 2 fully saturated rings. The largest absolute Gasteiger partial charge is 0.481 e. The van der Waals surface area contributed by atoms with Crippen LogP contribution in [0.3, 0.4) is 0 Å². The van der Waals surface area contributed by atoms with Gasteiger partial charge in [-0.05, 0) is 12.3 Å². The molecule has 0 bridgehead atoms. The predicted molar refractivity (Wildman–Crippen MR) is 72.7 cm³/mol. The maximum Gasteiger partial charge on any atom is 0.313 e. The Morgan fingerprint density at radius 1 is 1.57 bits per heavy atom. The molecule has 0 amide bonds. The van der Waals surface area contributed by atoms with Crippen molar-refractivity contribution < 1.29 is 19.2 Å². The number of carboxylic acids is 1. The van der Waals surface area contributed by atoms with Gasteiger partial charge in [0, 0.05) is 25.6 Å². The molecule has 0 aliphatic carbocycles. The molecule has 2 aliphatic rings. The van der Waals surface area contributed by atoms with Crippen LogP contribution in [0.4, 0.5) is 0 Å². The Morgan fingerprint density at radius 3 is 3.00 bits per heavy atom. The van der Waals surface area contributed by atoms with Crippen LogP contribution in [0, 0.1) is 11.3 Å². The fourth-order valence-corrected chi connectivity index (χ4v) is 3.27. The van der Waals surface area contributed by atoms with E-state index in [0.717, 1.165) is 13.0 Å². The van der Waals surface area contributed by atoms with E-state index in [2.05, 4.69) is 15.0 Å². The Morgan fingerprint density at radius 2 is 2.38 bits per heavy atom. The lowest BCUT2D eigenvalue weighted by Crippen LogP contribution is -2.46. The Bertz CT molecular complexity index is 530. The third-order valence-corrected chi connectivity index (χ3v) is 4.52. The number of aliphatic carboxylic acids is 1. The maximum absolute atomic E-state index is 11.7. The van der Waals surface area contributed by atoms with Crippen molar-refractivity contribution in [2.45, 2.75) is 32.7 Å². The van der Waals surface area contributed by atoms with Gasteiger partial charge in [0.15, 0.2) is 5.82 Å². The van der Waals surface area contributed by atoms with E-state index in [0.29, 0.717) is 38.0 Å². The molecule has 116 valence electrons. The summed E-state index contributed by atoms with van der Waals surface area (Å²) >= 11 is 0. The Hall–Kier alpha value is -1.47. The molecule has 2 atom stereocenters. The van der Waals surface area contributed by atoms with Gasteiger partial charge in [0.2, 0.25) is 5.89 Å². The summed E-state index contributed by atoms with van der Waals surface area (Å²) in [4.78, 5) is 18.1. The van der Waals surface area contributed by atoms with Crippen LogP contribution in [0.15, 0.2) is 4.52 Å². The summed E-state index contributed by atoms with van der Waals surface area (Å²) in [6, 6.07) is 0. The van der Waals surface area contributed by atoms with E-state index < -0.39 is 11.4 Å². The summed E-state index contributed by atoms with van der Waals surface area (Å²) in [6.45, 7) is 6.69. The molecule has 3 heterocycles. The molecular formula is C14H21N3O4. The quantitative estimate of drug-likeness (QED) is 0.890. The Labute approximate surface area is 123 Å². The molecule has 2 saturated heterocycles. The van der Waals surface area contributed by atoms with Crippen LogP contribution in [0.2, 0.25) is 0 Å². The fourth-order valence-electron chi connectivity index (χ4n) is 3.27. The van der Waals surface area contributed by atoms with Gasteiger partial charge in [-0.15, -0.1) is 0 Å².